The van der Waals surface area contributed by atoms with Gasteiger partial charge in [-0.1, -0.05) is 6.07 Å². The van der Waals surface area contributed by atoms with Gasteiger partial charge in [0.15, 0.2) is 0 Å². The van der Waals surface area contributed by atoms with Gasteiger partial charge in [0.1, 0.15) is 11.4 Å². The number of aliphatic carboxylic acids is 1. The highest BCUT2D eigenvalue weighted by Crippen LogP contribution is 2.42. The van der Waals surface area contributed by atoms with E-state index in [0.717, 1.165) is 35.6 Å². The summed E-state index contributed by atoms with van der Waals surface area (Å²) in [6.45, 7) is 3.17. The van der Waals surface area contributed by atoms with Gasteiger partial charge in [0.05, 0.1) is 24.1 Å². The minimum atomic E-state index is -3.08. The molecule has 4 aromatic rings. The average Bonchev–Trinajstić information content (AvgIpc) is 2.74. The number of pyridine rings is 2. The molecule has 1 aliphatic heterocycles. The van der Waals surface area contributed by atoms with Crippen LogP contribution >= 0.6 is 0 Å². The smallest absolute Gasteiger partial charge is 0.307 e. The van der Waals surface area contributed by atoms with Crippen molar-refractivity contribution in [3.63, 3.8) is 0 Å². The first-order valence-electron chi connectivity index (χ1n) is 10.3. The molecule has 162 valence electrons. The topological polar surface area (TPSA) is 72.3 Å². The first-order valence-corrected chi connectivity index (χ1v) is 10.3. The van der Waals surface area contributed by atoms with Crippen molar-refractivity contribution in [1.82, 2.24) is 9.97 Å². The molecule has 0 amide bonds. The van der Waals surface area contributed by atoms with Crippen molar-refractivity contribution in [3.05, 3.63) is 65.0 Å². The lowest BCUT2D eigenvalue weighted by atomic mass is 9.87. The first kappa shape index (κ1) is 20.3. The summed E-state index contributed by atoms with van der Waals surface area (Å²) in [6, 6.07) is 10.3. The second-order valence-corrected chi connectivity index (χ2v) is 8.17. The van der Waals surface area contributed by atoms with Crippen molar-refractivity contribution in [1.29, 1.82) is 0 Å². The van der Waals surface area contributed by atoms with Crippen LogP contribution in [-0.4, -0.2) is 27.7 Å². The van der Waals surface area contributed by atoms with Crippen molar-refractivity contribution >= 4 is 27.8 Å². The van der Waals surface area contributed by atoms with E-state index in [9.17, 15) is 18.7 Å². The number of alkyl halides is 2. The summed E-state index contributed by atoms with van der Waals surface area (Å²) in [5, 5.41) is 11.1. The zero-order valence-corrected chi connectivity index (χ0v) is 17.6. The number of hydrogen-bond donors (Lipinski definition) is 1. The molecule has 0 saturated carbocycles. The van der Waals surface area contributed by atoms with Gasteiger partial charge in [-0.25, -0.2) is 4.98 Å². The minimum absolute atomic E-state index is 0.206. The van der Waals surface area contributed by atoms with Gasteiger partial charge in [0.2, 0.25) is 0 Å². The molecule has 0 unspecified atom stereocenters. The Balaban J connectivity index is 1.89. The zero-order valence-electron chi connectivity index (χ0n) is 17.6. The Morgan fingerprint density at radius 1 is 1.22 bits per heavy atom. The van der Waals surface area contributed by atoms with E-state index < -0.39 is 11.9 Å². The Hall–Kier alpha value is -3.61. The molecule has 0 aliphatic carbocycles. The quantitative estimate of drug-likeness (QED) is 0.464. The monoisotopic (exact) mass is 434 g/mol. The molecule has 2 aromatic heterocycles. The number of fused-ring (bicyclic) bond motifs is 1. The lowest BCUT2D eigenvalue weighted by Crippen LogP contribution is -2.11. The van der Waals surface area contributed by atoms with Gasteiger partial charge in [0.25, 0.3) is 5.92 Å². The molecule has 0 fully saturated rings. The van der Waals surface area contributed by atoms with E-state index in [2.05, 4.69) is 9.97 Å². The van der Waals surface area contributed by atoms with E-state index in [4.69, 9.17) is 4.74 Å². The van der Waals surface area contributed by atoms with Crippen LogP contribution in [0.15, 0.2) is 42.6 Å². The highest BCUT2D eigenvalue weighted by Gasteiger charge is 2.28. The standard InChI is InChI=1S/C25H20F2N2O3/c1-13-11-18-15(4-6-20(29-18)25(2,26)27)23(17(13)12-21(30)31)16-3-5-19-22-14(8-10-32-19)7-9-28-24(16)22/h3-7,9,11H,8,10,12H2,1-2H3,(H,30,31). The summed E-state index contributed by atoms with van der Waals surface area (Å²) in [5.74, 6) is -3.32. The lowest BCUT2D eigenvalue weighted by Gasteiger charge is -2.22. The molecule has 2 aromatic carbocycles. The highest BCUT2D eigenvalue weighted by molar-refractivity contribution is 6.07. The normalized spacial score (nSPS) is 13.4. The van der Waals surface area contributed by atoms with Crippen LogP contribution in [-0.2, 0) is 23.6 Å². The van der Waals surface area contributed by atoms with Crippen LogP contribution in [0.25, 0.3) is 32.9 Å². The van der Waals surface area contributed by atoms with Crippen molar-refractivity contribution in [2.75, 3.05) is 6.61 Å². The molecule has 7 heteroatoms. The van der Waals surface area contributed by atoms with Crippen LogP contribution in [0.5, 0.6) is 5.75 Å². The van der Waals surface area contributed by atoms with E-state index in [1.54, 1.807) is 25.3 Å². The number of hydrogen-bond acceptors (Lipinski definition) is 4. The number of carbonyl (C=O) groups is 1. The molecule has 1 aliphatic rings. The largest absolute Gasteiger partial charge is 0.493 e. The summed E-state index contributed by atoms with van der Waals surface area (Å²) >= 11 is 0. The lowest BCUT2D eigenvalue weighted by molar-refractivity contribution is -0.136. The third-order valence-corrected chi connectivity index (χ3v) is 5.94. The molecule has 1 N–H and O–H groups in total. The third kappa shape index (κ3) is 3.25. The van der Waals surface area contributed by atoms with Crippen molar-refractivity contribution in [2.24, 2.45) is 0 Å². The molecule has 0 saturated heterocycles. The Labute approximate surface area is 182 Å². The Morgan fingerprint density at radius 2 is 2.03 bits per heavy atom. The Kier molecular flexibility index (Phi) is 4.58. The Bertz CT molecular complexity index is 1400. The van der Waals surface area contributed by atoms with Crippen molar-refractivity contribution in [2.45, 2.75) is 32.6 Å². The zero-order chi connectivity index (χ0) is 22.6. The number of nitrogens with zero attached hydrogens (tertiary/aromatic N) is 2. The van der Waals surface area contributed by atoms with Crippen molar-refractivity contribution in [3.8, 4) is 16.9 Å². The van der Waals surface area contributed by atoms with Gasteiger partial charge in [-0.15, -0.1) is 0 Å². The van der Waals surface area contributed by atoms with E-state index in [0.29, 0.717) is 39.7 Å². The molecule has 3 heterocycles. The van der Waals surface area contributed by atoms with Gasteiger partial charge >= 0.3 is 5.97 Å². The van der Waals surface area contributed by atoms with Crippen LogP contribution in [0.3, 0.4) is 0 Å². The summed E-state index contributed by atoms with van der Waals surface area (Å²) in [6.07, 6.45) is 2.28. The van der Waals surface area contributed by atoms with Crippen LogP contribution in [0.2, 0.25) is 0 Å². The number of carboxylic acid groups (broad SMARTS) is 1. The fourth-order valence-electron chi connectivity index (χ4n) is 4.48. The number of carboxylic acids is 1. The molecule has 0 bridgehead atoms. The molecule has 32 heavy (non-hydrogen) atoms. The number of aryl methyl sites for hydroxylation is 1. The summed E-state index contributed by atoms with van der Waals surface area (Å²) < 4.78 is 33.7. The van der Waals surface area contributed by atoms with E-state index in [1.165, 1.54) is 6.07 Å². The predicted octanol–water partition coefficient (Wildman–Crippen LogP) is 5.43. The maximum Gasteiger partial charge on any atom is 0.307 e. The van der Waals surface area contributed by atoms with E-state index in [1.807, 2.05) is 18.2 Å². The van der Waals surface area contributed by atoms with Crippen LogP contribution in [0, 0.1) is 6.92 Å². The molecule has 0 spiro atoms. The van der Waals surface area contributed by atoms with Gasteiger partial charge in [0, 0.05) is 35.9 Å². The second kappa shape index (κ2) is 7.22. The minimum Gasteiger partial charge on any atom is -0.493 e. The van der Waals surface area contributed by atoms with Gasteiger partial charge in [-0.05, 0) is 59.5 Å². The number of ether oxygens (including phenoxy) is 1. The van der Waals surface area contributed by atoms with E-state index in [-0.39, 0.29) is 12.1 Å². The van der Waals surface area contributed by atoms with Gasteiger partial charge in [-0.2, -0.15) is 8.78 Å². The van der Waals surface area contributed by atoms with E-state index >= 15 is 0 Å². The maximum atomic E-state index is 13.9. The SMILES string of the molecule is Cc1cc2nc(C(C)(F)F)ccc2c(-c2ccc3c4c(ccnc24)CCO3)c1CC(=O)O. The molecule has 5 nitrogen and oxygen atoms in total. The first-order chi connectivity index (χ1) is 15.2. The molecule has 0 radical (unpaired) electrons. The molecular weight excluding hydrogens is 414 g/mol. The number of benzene rings is 2. The number of halogens is 2. The highest BCUT2D eigenvalue weighted by atomic mass is 19.3. The van der Waals surface area contributed by atoms with Gasteiger partial charge in [-0.3, -0.25) is 9.78 Å². The summed E-state index contributed by atoms with van der Waals surface area (Å²) in [7, 11) is 0. The second-order valence-electron chi connectivity index (χ2n) is 8.17. The third-order valence-electron chi connectivity index (χ3n) is 5.94. The fraction of sp³-hybridized carbons (Fsp3) is 0.240. The average molecular weight is 434 g/mol. The maximum absolute atomic E-state index is 13.9. The summed E-state index contributed by atoms with van der Waals surface area (Å²) in [4.78, 5) is 20.5. The van der Waals surface area contributed by atoms with Crippen LogP contribution < -0.4 is 4.74 Å². The summed E-state index contributed by atoms with van der Waals surface area (Å²) in [5.41, 5.74) is 4.55. The fourth-order valence-corrected chi connectivity index (χ4v) is 4.48. The number of rotatable bonds is 4. The number of aromatic nitrogens is 2. The van der Waals surface area contributed by atoms with Crippen molar-refractivity contribution < 1.29 is 23.4 Å². The van der Waals surface area contributed by atoms with Crippen LogP contribution in [0.4, 0.5) is 8.78 Å². The van der Waals surface area contributed by atoms with Gasteiger partial charge < -0.3 is 9.84 Å². The Morgan fingerprint density at radius 3 is 2.78 bits per heavy atom. The predicted molar refractivity (Wildman–Crippen MR) is 117 cm³/mol. The van der Waals surface area contributed by atoms with Crippen LogP contribution in [0.1, 0.15) is 29.3 Å². The molecule has 5 rings (SSSR count). The molecule has 0 atom stereocenters. The molecular formula is C25H20F2N2O3.